The summed E-state index contributed by atoms with van der Waals surface area (Å²) in [6.45, 7) is 6.29. The van der Waals surface area contributed by atoms with E-state index in [2.05, 4.69) is 31.2 Å². The van der Waals surface area contributed by atoms with Crippen molar-refractivity contribution in [3.05, 3.63) is 21.6 Å². The van der Waals surface area contributed by atoms with Crippen LogP contribution in [0.2, 0.25) is 5.02 Å². The van der Waals surface area contributed by atoms with E-state index < -0.39 is 0 Å². The summed E-state index contributed by atoms with van der Waals surface area (Å²) < 4.78 is 1.22. The van der Waals surface area contributed by atoms with Crippen LogP contribution in [0, 0.1) is 0 Å². The summed E-state index contributed by atoms with van der Waals surface area (Å²) in [5.41, 5.74) is 0.273. The molecule has 5 heteroatoms. The van der Waals surface area contributed by atoms with Crippen molar-refractivity contribution in [2.45, 2.75) is 39.2 Å². The molecule has 0 aliphatic carbocycles. The minimum Gasteiger partial charge on any atom is -0.377 e. The molecule has 4 nitrogen and oxygen atoms in total. The summed E-state index contributed by atoms with van der Waals surface area (Å²) in [6, 6.07) is 0. The molecule has 0 amide bonds. The zero-order chi connectivity index (χ0) is 12.3. The Bertz CT molecular complexity index is 424. The van der Waals surface area contributed by atoms with Gasteiger partial charge in [-0.3, -0.25) is 4.79 Å². The summed E-state index contributed by atoms with van der Waals surface area (Å²) in [5, 5.41) is 7.43. The van der Waals surface area contributed by atoms with Crippen LogP contribution in [0.15, 0.2) is 11.0 Å². The first kappa shape index (κ1) is 13.0. The highest BCUT2D eigenvalue weighted by atomic mass is 35.5. The highest BCUT2D eigenvalue weighted by Gasteiger charge is 2.21. The van der Waals surface area contributed by atoms with E-state index in [0.29, 0.717) is 5.69 Å². The van der Waals surface area contributed by atoms with Gasteiger partial charge in [-0.2, -0.15) is 5.10 Å². The molecule has 90 valence electrons. The Hall–Kier alpha value is -1.03. The molecule has 0 aliphatic heterocycles. The van der Waals surface area contributed by atoms with Gasteiger partial charge in [-0.1, -0.05) is 25.4 Å². The van der Waals surface area contributed by atoms with Crippen LogP contribution < -0.4 is 10.9 Å². The summed E-state index contributed by atoms with van der Waals surface area (Å²) in [7, 11) is 1.58. The van der Waals surface area contributed by atoms with Gasteiger partial charge in [-0.25, -0.2) is 4.68 Å². The normalized spacial score (nSPS) is 11.6. The van der Waals surface area contributed by atoms with E-state index in [1.54, 1.807) is 13.2 Å². The van der Waals surface area contributed by atoms with E-state index >= 15 is 0 Å². The first-order valence-electron chi connectivity index (χ1n) is 5.43. The van der Waals surface area contributed by atoms with Crippen LogP contribution in [0.4, 0.5) is 5.69 Å². The van der Waals surface area contributed by atoms with Crippen LogP contribution in [0.25, 0.3) is 0 Å². The summed E-state index contributed by atoms with van der Waals surface area (Å²) in [5.74, 6) is 0. The van der Waals surface area contributed by atoms with Gasteiger partial charge in [0.25, 0.3) is 5.56 Å². The molecule has 0 spiro atoms. The number of nitrogens with zero attached hydrogens (tertiary/aromatic N) is 2. The summed E-state index contributed by atoms with van der Waals surface area (Å²) in [4.78, 5) is 11.6. The molecule has 0 bridgehead atoms. The largest absolute Gasteiger partial charge is 0.377 e. The van der Waals surface area contributed by atoms with Crippen molar-refractivity contribution < 1.29 is 0 Å². The maximum atomic E-state index is 11.6. The van der Waals surface area contributed by atoms with E-state index in [1.165, 1.54) is 4.68 Å². The predicted octanol–water partition coefficient (Wildman–Crippen LogP) is 2.42. The molecule has 1 heterocycles. The van der Waals surface area contributed by atoms with E-state index in [9.17, 15) is 4.79 Å². The van der Waals surface area contributed by atoms with Gasteiger partial charge in [0.15, 0.2) is 0 Å². The Labute approximate surface area is 101 Å². The highest BCUT2D eigenvalue weighted by Crippen LogP contribution is 2.24. The standard InChI is InChI=1S/C11H18ClN3O/c1-5-11(3,6-2)14-8-7-13-15(4)10(16)9(8)12/h7,14H,5-6H2,1-4H3. The SMILES string of the molecule is CCC(C)(CC)Nc1cnn(C)c(=O)c1Cl. The predicted molar refractivity (Wildman–Crippen MR) is 67.1 cm³/mol. The average molecular weight is 244 g/mol. The average Bonchev–Trinajstić information content (AvgIpc) is 2.30. The van der Waals surface area contributed by atoms with Crippen LogP contribution in [-0.2, 0) is 7.05 Å². The molecular formula is C11H18ClN3O. The van der Waals surface area contributed by atoms with Crippen molar-refractivity contribution in [2.24, 2.45) is 7.05 Å². The first-order valence-corrected chi connectivity index (χ1v) is 5.81. The zero-order valence-corrected chi connectivity index (χ0v) is 10.9. The van der Waals surface area contributed by atoms with Crippen LogP contribution in [0.5, 0.6) is 0 Å². The van der Waals surface area contributed by atoms with Crippen LogP contribution in [0.1, 0.15) is 33.6 Å². The third-order valence-corrected chi connectivity index (χ3v) is 3.44. The van der Waals surface area contributed by atoms with Gasteiger partial charge in [0.1, 0.15) is 5.02 Å². The van der Waals surface area contributed by atoms with E-state index in [-0.39, 0.29) is 16.1 Å². The number of anilines is 1. The second-order valence-corrected chi connectivity index (χ2v) is 4.57. The molecule has 0 saturated heterocycles. The molecule has 0 saturated carbocycles. The fourth-order valence-electron chi connectivity index (χ4n) is 1.35. The molecule has 0 unspecified atom stereocenters. The van der Waals surface area contributed by atoms with E-state index in [1.807, 2.05) is 0 Å². The second kappa shape index (κ2) is 4.87. The molecular weight excluding hydrogens is 226 g/mol. The lowest BCUT2D eigenvalue weighted by Crippen LogP contribution is -2.34. The van der Waals surface area contributed by atoms with E-state index in [4.69, 9.17) is 11.6 Å². The van der Waals surface area contributed by atoms with Crippen molar-refractivity contribution in [1.29, 1.82) is 0 Å². The number of halogens is 1. The number of aromatic nitrogens is 2. The molecule has 0 aromatic carbocycles. The van der Waals surface area contributed by atoms with Crippen molar-refractivity contribution in [2.75, 3.05) is 5.32 Å². The number of rotatable bonds is 4. The lowest BCUT2D eigenvalue weighted by Gasteiger charge is -2.29. The van der Waals surface area contributed by atoms with Crippen molar-refractivity contribution in [3.8, 4) is 0 Å². The van der Waals surface area contributed by atoms with E-state index in [0.717, 1.165) is 12.8 Å². The third kappa shape index (κ3) is 2.55. The molecule has 0 aliphatic rings. The zero-order valence-electron chi connectivity index (χ0n) is 10.2. The van der Waals surface area contributed by atoms with Crippen molar-refractivity contribution in [1.82, 2.24) is 9.78 Å². The molecule has 0 radical (unpaired) electrons. The number of aryl methyl sites for hydroxylation is 1. The quantitative estimate of drug-likeness (QED) is 0.884. The van der Waals surface area contributed by atoms with Gasteiger partial charge >= 0.3 is 0 Å². The minimum absolute atomic E-state index is 0.0579. The molecule has 16 heavy (non-hydrogen) atoms. The van der Waals surface area contributed by atoms with Crippen LogP contribution >= 0.6 is 11.6 Å². The Balaban J connectivity index is 3.08. The topological polar surface area (TPSA) is 46.9 Å². The van der Waals surface area contributed by atoms with Gasteiger partial charge in [0, 0.05) is 12.6 Å². The lowest BCUT2D eigenvalue weighted by molar-refractivity contribution is 0.477. The number of nitrogens with one attached hydrogen (secondary N) is 1. The Kier molecular flexibility index (Phi) is 3.97. The van der Waals surface area contributed by atoms with Gasteiger partial charge in [0.2, 0.25) is 0 Å². The molecule has 0 fully saturated rings. The smallest absolute Gasteiger partial charge is 0.287 e. The van der Waals surface area contributed by atoms with Gasteiger partial charge in [0.05, 0.1) is 11.9 Å². The Morgan fingerprint density at radius 3 is 2.56 bits per heavy atom. The molecule has 1 N–H and O–H groups in total. The first-order chi connectivity index (χ1) is 7.43. The Morgan fingerprint density at radius 1 is 1.50 bits per heavy atom. The van der Waals surface area contributed by atoms with Crippen molar-refractivity contribution in [3.63, 3.8) is 0 Å². The summed E-state index contributed by atoms with van der Waals surface area (Å²) in [6.07, 6.45) is 3.50. The van der Waals surface area contributed by atoms with Crippen LogP contribution in [0.3, 0.4) is 0 Å². The van der Waals surface area contributed by atoms with Crippen LogP contribution in [-0.4, -0.2) is 15.3 Å². The minimum atomic E-state index is -0.277. The van der Waals surface area contributed by atoms with Gasteiger partial charge < -0.3 is 5.32 Å². The molecule has 0 atom stereocenters. The number of hydrogen-bond donors (Lipinski definition) is 1. The third-order valence-electron chi connectivity index (χ3n) is 3.08. The highest BCUT2D eigenvalue weighted by molar-refractivity contribution is 6.32. The fraction of sp³-hybridized carbons (Fsp3) is 0.636. The second-order valence-electron chi connectivity index (χ2n) is 4.19. The van der Waals surface area contributed by atoms with Crippen molar-refractivity contribution >= 4 is 17.3 Å². The monoisotopic (exact) mass is 243 g/mol. The number of hydrogen-bond acceptors (Lipinski definition) is 3. The molecule has 1 aromatic rings. The molecule has 1 aromatic heterocycles. The molecule has 1 rings (SSSR count). The lowest BCUT2D eigenvalue weighted by atomic mass is 9.95. The Morgan fingerprint density at radius 2 is 2.06 bits per heavy atom. The van der Waals surface area contributed by atoms with Gasteiger partial charge in [-0.05, 0) is 19.8 Å². The summed E-state index contributed by atoms with van der Waals surface area (Å²) >= 11 is 5.98. The maximum absolute atomic E-state index is 11.6. The fourth-order valence-corrected chi connectivity index (χ4v) is 1.57. The van der Waals surface area contributed by atoms with Gasteiger partial charge in [-0.15, -0.1) is 0 Å². The maximum Gasteiger partial charge on any atom is 0.287 e.